The Balaban J connectivity index is 2.07. The molecule has 3 heteroatoms. The van der Waals surface area contributed by atoms with Crippen molar-refractivity contribution in [3.05, 3.63) is 35.9 Å². The third-order valence-electron chi connectivity index (χ3n) is 2.98. The molecule has 82 valence electrons. The smallest absolute Gasteiger partial charge is 0.223 e. The summed E-state index contributed by atoms with van der Waals surface area (Å²) in [6.45, 7) is 0.631. The van der Waals surface area contributed by atoms with Crippen molar-refractivity contribution in [2.75, 3.05) is 0 Å². The van der Waals surface area contributed by atoms with Gasteiger partial charge >= 0.3 is 0 Å². The van der Waals surface area contributed by atoms with E-state index in [9.17, 15) is 4.79 Å². The zero-order chi connectivity index (χ0) is 11.4. The molecular weight excluding hydrogens is 200 g/mol. The van der Waals surface area contributed by atoms with Gasteiger partial charge in [-0.25, -0.2) is 0 Å². The molecule has 1 aromatic carbocycles. The van der Waals surface area contributed by atoms with Gasteiger partial charge in [-0.15, -0.1) is 0 Å². The Morgan fingerprint density at radius 3 is 2.81 bits per heavy atom. The lowest BCUT2D eigenvalue weighted by Gasteiger charge is -2.22. The van der Waals surface area contributed by atoms with Gasteiger partial charge in [0.15, 0.2) is 0 Å². The second kappa shape index (κ2) is 4.80. The Kier molecular flexibility index (Phi) is 3.21. The zero-order valence-corrected chi connectivity index (χ0v) is 9.10. The Bertz CT molecular complexity index is 408. The number of carbonyl (C=O) groups is 1. The van der Waals surface area contributed by atoms with Gasteiger partial charge in [0.2, 0.25) is 5.91 Å². The fourth-order valence-corrected chi connectivity index (χ4v) is 2.11. The van der Waals surface area contributed by atoms with Crippen LogP contribution in [-0.2, 0) is 11.3 Å². The minimum atomic E-state index is 0.109. The van der Waals surface area contributed by atoms with Gasteiger partial charge in [0.25, 0.3) is 0 Å². The molecule has 0 unspecified atom stereocenters. The second-order valence-corrected chi connectivity index (χ2v) is 4.06. The van der Waals surface area contributed by atoms with E-state index in [0.717, 1.165) is 12.0 Å². The fourth-order valence-electron chi connectivity index (χ4n) is 2.11. The van der Waals surface area contributed by atoms with Crippen LogP contribution in [0.5, 0.6) is 0 Å². The van der Waals surface area contributed by atoms with Crippen LogP contribution in [0.25, 0.3) is 0 Å². The van der Waals surface area contributed by atoms with E-state index in [2.05, 4.69) is 6.07 Å². The van der Waals surface area contributed by atoms with Gasteiger partial charge < -0.3 is 4.90 Å². The van der Waals surface area contributed by atoms with Crippen molar-refractivity contribution < 1.29 is 4.79 Å². The first-order valence-corrected chi connectivity index (χ1v) is 5.51. The maximum Gasteiger partial charge on any atom is 0.223 e. The maximum atomic E-state index is 11.7. The summed E-state index contributed by atoms with van der Waals surface area (Å²) in [6.07, 6.45) is 1.84. The molecular formula is C13H14N2O. The standard InChI is InChI=1S/C13H14N2O/c14-9-8-12-6-7-13(16)15(12)10-11-4-2-1-3-5-11/h1-5,12H,6-8,10H2/t12-/m1/s1. The van der Waals surface area contributed by atoms with Crippen LogP contribution < -0.4 is 0 Å². The van der Waals surface area contributed by atoms with Crippen molar-refractivity contribution in [2.24, 2.45) is 0 Å². The molecule has 0 aliphatic carbocycles. The summed E-state index contributed by atoms with van der Waals surface area (Å²) in [4.78, 5) is 13.5. The van der Waals surface area contributed by atoms with Crippen molar-refractivity contribution >= 4 is 5.91 Å². The number of hydrogen-bond acceptors (Lipinski definition) is 2. The molecule has 1 aliphatic rings. The molecule has 1 heterocycles. The average molecular weight is 214 g/mol. The molecule has 0 N–H and O–H groups in total. The van der Waals surface area contributed by atoms with Gasteiger partial charge in [-0.2, -0.15) is 5.26 Å². The Labute approximate surface area is 95.3 Å². The highest BCUT2D eigenvalue weighted by Crippen LogP contribution is 2.23. The van der Waals surface area contributed by atoms with Crippen molar-refractivity contribution in [1.82, 2.24) is 4.90 Å². The van der Waals surface area contributed by atoms with E-state index < -0.39 is 0 Å². The maximum absolute atomic E-state index is 11.7. The van der Waals surface area contributed by atoms with Crippen molar-refractivity contribution in [3.63, 3.8) is 0 Å². The largest absolute Gasteiger partial charge is 0.334 e. The molecule has 1 fully saturated rings. The van der Waals surface area contributed by atoms with Gasteiger partial charge in [-0.1, -0.05) is 30.3 Å². The van der Waals surface area contributed by atoms with Gasteiger partial charge in [0.05, 0.1) is 12.5 Å². The molecule has 1 saturated heterocycles. The first-order chi connectivity index (χ1) is 7.81. The van der Waals surface area contributed by atoms with Crippen LogP contribution in [0.1, 0.15) is 24.8 Å². The number of benzene rings is 1. The average Bonchev–Trinajstić information content (AvgIpc) is 2.64. The fraction of sp³-hybridized carbons (Fsp3) is 0.385. The normalized spacial score (nSPS) is 19.8. The SMILES string of the molecule is N#CC[C@H]1CCC(=O)N1Cc1ccccc1. The van der Waals surface area contributed by atoms with E-state index in [1.54, 1.807) is 0 Å². The van der Waals surface area contributed by atoms with E-state index in [0.29, 0.717) is 19.4 Å². The first kappa shape index (κ1) is 10.7. The molecule has 1 aliphatic heterocycles. The van der Waals surface area contributed by atoms with Crippen LogP contribution in [0.3, 0.4) is 0 Å². The number of nitrogens with zero attached hydrogens (tertiary/aromatic N) is 2. The summed E-state index contributed by atoms with van der Waals surface area (Å²) in [7, 11) is 0. The number of carbonyl (C=O) groups excluding carboxylic acids is 1. The Morgan fingerprint density at radius 1 is 1.38 bits per heavy atom. The van der Waals surface area contributed by atoms with Crippen LogP contribution in [-0.4, -0.2) is 16.8 Å². The molecule has 1 aromatic rings. The third kappa shape index (κ3) is 2.22. The lowest BCUT2D eigenvalue weighted by Crippen LogP contribution is -2.32. The molecule has 0 aromatic heterocycles. The van der Waals surface area contributed by atoms with E-state index in [4.69, 9.17) is 5.26 Å². The second-order valence-electron chi connectivity index (χ2n) is 4.06. The zero-order valence-electron chi connectivity index (χ0n) is 9.10. The van der Waals surface area contributed by atoms with Crippen LogP contribution in [0, 0.1) is 11.3 Å². The predicted octanol–water partition coefficient (Wildman–Crippen LogP) is 2.09. The quantitative estimate of drug-likeness (QED) is 0.773. The van der Waals surface area contributed by atoms with Crippen molar-refractivity contribution in [1.29, 1.82) is 5.26 Å². The Hall–Kier alpha value is -1.82. The third-order valence-corrected chi connectivity index (χ3v) is 2.98. The van der Waals surface area contributed by atoms with Gasteiger partial charge in [0.1, 0.15) is 0 Å². The van der Waals surface area contributed by atoms with E-state index >= 15 is 0 Å². The molecule has 1 atom stereocenters. The lowest BCUT2D eigenvalue weighted by molar-refractivity contribution is -0.129. The van der Waals surface area contributed by atoms with Gasteiger partial charge in [-0.05, 0) is 12.0 Å². The summed E-state index contributed by atoms with van der Waals surface area (Å²) < 4.78 is 0. The molecule has 3 nitrogen and oxygen atoms in total. The lowest BCUT2D eigenvalue weighted by atomic mass is 10.1. The molecule has 0 radical (unpaired) electrons. The molecule has 0 spiro atoms. The van der Waals surface area contributed by atoms with Gasteiger partial charge in [-0.3, -0.25) is 4.79 Å². The van der Waals surface area contributed by atoms with Crippen molar-refractivity contribution in [2.45, 2.75) is 31.8 Å². The highest BCUT2D eigenvalue weighted by molar-refractivity contribution is 5.78. The van der Waals surface area contributed by atoms with Gasteiger partial charge in [0, 0.05) is 19.0 Å². The summed E-state index contributed by atoms with van der Waals surface area (Å²) >= 11 is 0. The number of likely N-dealkylation sites (tertiary alicyclic amines) is 1. The molecule has 0 saturated carbocycles. The van der Waals surface area contributed by atoms with Crippen LogP contribution in [0.2, 0.25) is 0 Å². The number of rotatable bonds is 3. The molecule has 16 heavy (non-hydrogen) atoms. The number of nitriles is 1. The van der Waals surface area contributed by atoms with E-state index in [-0.39, 0.29) is 11.9 Å². The molecule has 0 bridgehead atoms. The molecule has 1 amide bonds. The first-order valence-electron chi connectivity index (χ1n) is 5.51. The Morgan fingerprint density at radius 2 is 2.12 bits per heavy atom. The van der Waals surface area contributed by atoms with Crippen LogP contribution >= 0.6 is 0 Å². The minimum Gasteiger partial charge on any atom is -0.334 e. The van der Waals surface area contributed by atoms with Crippen molar-refractivity contribution in [3.8, 4) is 6.07 Å². The summed E-state index contributed by atoms with van der Waals surface area (Å²) in [5.41, 5.74) is 1.13. The van der Waals surface area contributed by atoms with E-state index in [1.807, 2.05) is 35.2 Å². The number of amides is 1. The predicted molar refractivity (Wildman–Crippen MR) is 60.2 cm³/mol. The summed E-state index contributed by atoms with van der Waals surface area (Å²) in [5.74, 6) is 0.170. The monoisotopic (exact) mass is 214 g/mol. The highest BCUT2D eigenvalue weighted by Gasteiger charge is 2.30. The summed E-state index contributed by atoms with van der Waals surface area (Å²) in [5, 5.41) is 8.71. The number of hydrogen-bond donors (Lipinski definition) is 0. The molecule has 2 rings (SSSR count). The highest BCUT2D eigenvalue weighted by atomic mass is 16.2. The topological polar surface area (TPSA) is 44.1 Å². The van der Waals surface area contributed by atoms with Crippen LogP contribution in [0.4, 0.5) is 0 Å². The minimum absolute atomic E-state index is 0.109. The summed E-state index contributed by atoms with van der Waals surface area (Å²) in [6, 6.07) is 12.2. The van der Waals surface area contributed by atoms with Crippen LogP contribution in [0.15, 0.2) is 30.3 Å². The van der Waals surface area contributed by atoms with E-state index in [1.165, 1.54) is 0 Å².